The van der Waals surface area contributed by atoms with Gasteiger partial charge in [0.25, 0.3) is 0 Å². The smallest absolute Gasteiger partial charge is 0.309 e. The van der Waals surface area contributed by atoms with Gasteiger partial charge < -0.3 is 9.53 Å². The van der Waals surface area contributed by atoms with Crippen molar-refractivity contribution in [3.8, 4) is 0 Å². The molecular weight excluding hydrogens is 180 g/mol. The molecule has 0 bridgehead atoms. The van der Waals surface area contributed by atoms with Gasteiger partial charge in [0.1, 0.15) is 6.29 Å². The molecule has 3 heteroatoms. The van der Waals surface area contributed by atoms with Gasteiger partial charge in [-0.15, -0.1) is 0 Å². The van der Waals surface area contributed by atoms with E-state index < -0.39 is 0 Å². The Hall–Kier alpha value is -0.860. The number of rotatable bonds is 7. The fraction of sp³-hybridized carbons (Fsp3) is 0.818. The highest BCUT2D eigenvalue weighted by Gasteiger charge is 2.23. The molecule has 0 heterocycles. The van der Waals surface area contributed by atoms with E-state index in [-0.39, 0.29) is 17.8 Å². The minimum atomic E-state index is -0.306. The van der Waals surface area contributed by atoms with Crippen LogP contribution >= 0.6 is 0 Å². The van der Waals surface area contributed by atoms with Gasteiger partial charge in [-0.05, 0) is 13.3 Å². The summed E-state index contributed by atoms with van der Waals surface area (Å²) in [4.78, 5) is 22.1. The van der Waals surface area contributed by atoms with E-state index in [1.54, 1.807) is 13.8 Å². The second-order valence-corrected chi connectivity index (χ2v) is 3.48. The predicted octanol–water partition coefficient (Wildman–Crippen LogP) is 2.19. The van der Waals surface area contributed by atoms with Crippen molar-refractivity contribution in [1.29, 1.82) is 0 Å². The lowest BCUT2D eigenvalue weighted by molar-refractivity contribution is -0.150. The fourth-order valence-corrected chi connectivity index (χ4v) is 1.32. The third-order valence-corrected chi connectivity index (χ3v) is 2.37. The third-order valence-electron chi connectivity index (χ3n) is 2.37. The van der Waals surface area contributed by atoms with Crippen LogP contribution in [-0.2, 0) is 14.3 Å². The van der Waals surface area contributed by atoms with E-state index >= 15 is 0 Å². The molecule has 0 rings (SSSR count). The first-order chi connectivity index (χ1) is 6.67. The molecular formula is C11H20O3. The first-order valence-corrected chi connectivity index (χ1v) is 5.29. The zero-order valence-electron chi connectivity index (χ0n) is 9.29. The highest BCUT2D eigenvalue weighted by molar-refractivity contribution is 5.76. The number of hydrogen-bond acceptors (Lipinski definition) is 3. The maximum absolute atomic E-state index is 11.3. The first kappa shape index (κ1) is 13.1. The fourth-order valence-electron chi connectivity index (χ4n) is 1.32. The van der Waals surface area contributed by atoms with E-state index in [0.29, 0.717) is 6.61 Å². The third kappa shape index (κ3) is 4.40. The van der Waals surface area contributed by atoms with Crippen LogP contribution in [0.2, 0.25) is 0 Å². The summed E-state index contributed by atoms with van der Waals surface area (Å²) in [5, 5.41) is 0. The van der Waals surface area contributed by atoms with Crippen molar-refractivity contribution in [3.05, 3.63) is 0 Å². The van der Waals surface area contributed by atoms with Crippen LogP contribution in [0.25, 0.3) is 0 Å². The molecule has 0 aromatic rings. The number of esters is 1. The summed E-state index contributed by atoms with van der Waals surface area (Å²) >= 11 is 0. The Morgan fingerprint density at radius 3 is 2.50 bits per heavy atom. The Kier molecular flexibility index (Phi) is 7.07. The van der Waals surface area contributed by atoms with E-state index in [1.165, 1.54) is 0 Å². The molecule has 0 saturated heterocycles. The normalized spacial score (nSPS) is 14.5. The molecule has 0 unspecified atom stereocenters. The molecule has 0 aliphatic heterocycles. The Morgan fingerprint density at radius 2 is 2.07 bits per heavy atom. The summed E-state index contributed by atoms with van der Waals surface area (Å²) in [7, 11) is 0. The number of aldehydes is 1. The Morgan fingerprint density at radius 1 is 1.43 bits per heavy atom. The van der Waals surface area contributed by atoms with Gasteiger partial charge in [0.15, 0.2) is 0 Å². The zero-order valence-corrected chi connectivity index (χ0v) is 9.29. The standard InChI is InChI=1S/C11H20O3/c1-4-6-7-10(8-12)9(3)11(13)14-5-2/h8-10H,4-7H2,1-3H3/t9-,10+/m0/s1. The number of hydrogen-bond donors (Lipinski definition) is 0. The molecule has 0 fully saturated rings. The van der Waals surface area contributed by atoms with Gasteiger partial charge in [0.05, 0.1) is 12.5 Å². The minimum absolute atomic E-state index is 0.186. The van der Waals surface area contributed by atoms with Gasteiger partial charge in [-0.25, -0.2) is 0 Å². The Bertz CT molecular complexity index is 177. The molecule has 0 N–H and O–H groups in total. The molecule has 14 heavy (non-hydrogen) atoms. The Balaban J connectivity index is 4.08. The average Bonchev–Trinajstić information content (AvgIpc) is 2.19. The average molecular weight is 200 g/mol. The molecule has 82 valence electrons. The largest absolute Gasteiger partial charge is 0.466 e. The number of unbranched alkanes of at least 4 members (excludes halogenated alkanes) is 1. The van der Waals surface area contributed by atoms with Crippen LogP contribution in [-0.4, -0.2) is 18.9 Å². The van der Waals surface area contributed by atoms with Crippen LogP contribution in [0.1, 0.15) is 40.0 Å². The second-order valence-electron chi connectivity index (χ2n) is 3.48. The topological polar surface area (TPSA) is 43.4 Å². The van der Waals surface area contributed by atoms with E-state index in [9.17, 15) is 9.59 Å². The van der Waals surface area contributed by atoms with Gasteiger partial charge in [0, 0.05) is 5.92 Å². The van der Waals surface area contributed by atoms with Crippen molar-refractivity contribution < 1.29 is 14.3 Å². The number of ether oxygens (including phenoxy) is 1. The van der Waals surface area contributed by atoms with Crippen LogP contribution < -0.4 is 0 Å². The van der Waals surface area contributed by atoms with Crippen molar-refractivity contribution in [3.63, 3.8) is 0 Å². The molecule has 3 nitrogen and oxygen atoms in total. The van der Waals surface area contributed by atoms with E-state index in [4.69, 9.17) is 4.74 Å². The highest BCUT2D eigenvalue weighted by Crippen LogP contribution is 2.17. The molecule has 0 aliphatic rings. The van der Waals surface area contributed by atoms with Gasteiger partial charge in [-0.2, -0.15) is 0 Å². The van der Waals surface area contributed by atoms with E-state index in [2.05, 4.69) is 6.92 Å². The minimum Gasteiger partial charge on any atom is -0.466 e. The maximum atomic E-state index is 11.3. The van der Waals surface area contributed by atoms with Crippen molar-refractivity contribution >= 4 is 12.3 Å². The van der Waals surface area contributed by atoms with Crippen LogP contribution in [0, 0.1) is 11.8 Å². The lowest BCUT2D eigenvalue weighted by atomic mass is 9.91. The molecule has 0 aliphatic carbocycles. The van der Waals surface area contributed by atoms with Gasteiger partial charge in [-0.1, -0.05) is 26.7 Å². The first-order valence-electron chi connectivity index (χ1n) is 5.29. The Labute approximate surface area is 85.8 Å². The van der Waals surface area contributed by atoms with Gasteiger partial charge >= 0.3 is 5.97 Å². The molecule has 0 radical (unpaired) electrons. The molecule has 0 amide bonds. The summed E-state index contributed by atoms with van der Waals surface area (Å²) in [6.45, 7) is 5.97. The molecule has 0 spiro atoms. The molecule has 0 aromatic heterocycles. The van der Waals surface area contributed by atoms with Crippen molar-refractivity contribution in [2.75, 3.05) is 6.61 Å². The summed E-state index contributed by atoms with van der Waals surface area (Å²) in [6, 6.07) is 0. The molecule has 2 atom stereocenters. The highest BCUT2D eigenvalue weighted by atomic mass is 16.5. The lowest BCUT2D eigenvalue weighted by Gasteiger charge is -2.16. The van der Waals surface area contributed by atoms with Crippen molar-refractivity contribution in [2.45, 2.75) is 40.0 Å². The predicted molar refractivity (Wildman–Crippen MR) is 54.9 cm³/mol. The van der Waals surface area contributed by atoms with Crippen LogP contribution in [0.5, 0.6) is 0 Å². The van der Waals surface area contributed by atoms with Crippen LogP contribution in [0.15, 0.2) is 0 Å². The summed E-state index contributed by atoms with van der Waals surface area (Å²) in [5.74, 6) is -0.756. The number of carbonyl (C=O) groups excluding carboxylic acids is 2. The van der Waals surface area contributed by atoms with Gasteiger partial charge in [-0.3, -0.25) is 4.79 Å². The monoisotopic (exact) mass is 200 g/mol. The quantitative estimate of drug-likeness (QED) is 0.467. The van der Waals surface area contributed by atoms with Crippen LogP contribution in [0.4, 0.5) is 0 Å². The molecule has 0 aromatic carbocycles. The number of carbonyl (C=O) groups is 2. The lowest BCUT2D eigenvalue weighted by Crippen LogP contribution is -2.24. The van der Waals surface area contributed by atoms with E-state index in [0.717, 1.165) is 25.5 Å². The summed E-state index contributed by atoms with van der Waals surface area (Å²) in [6.07, 6.45) is 3.67. The maximum Gasteiger partial charge on any atom is 0.309 e. The van der Waals surface area contributed by atoms with Crippen molar-refractivity contribution in [1.82, 2.24) is 0 Å². The van der Waals surface area contributed by atoms with Gasteiger partial charge in [0.2, 0.25) is 0 Å². The summed E-state index contributed by atoms with van der Waals surface area (Å²) in [5.41, 5.74) is 0. The molecule has 0 saturated carbocycles. The summed E-state index contributed by atoms with van der Waals surface area (Å²) < 4.78 is 4.87. The zero-order chi connectivity index (χ0) is 11.0. The van der Waals surface area contributed by atoms with Crippen molar-refractivity contribution in [2.24, 2.45) is 11.8 Å². The van der Waals surface area contributed by atoms with E-state index in [1.807, 2.05) is 0 Å². The SMILES string of the molecule is CCCC[C@H](C=O)[C@H](C)C(=O)OCC. The second kappa shape index (κ2) is 7.54. The van der Waals surface area contributed by atoms with Crippen LogP contribution in [0.3, 0.4) is 0 Å².